The van der Waals surface area contributed by atoms with E-state index in [2.05, 4.69) is 15.3 Å². The molecule has 0 aliphatic rings. The fourth-order valence-corrected chi connectivity index (χ4v) is 4.27. The molecule has 0 aliphatic carbocycles. The molecule has 1 unspecified atom stereocenters. The molecule has 4 aromatic rings. The molecule has 2 aromatic heterocycles. The Kier molecular flexibility index (Phi) is 6.27. The highest BCUT2D eigenvalue weighted by Gasteiger charge is 2.25. The minimum Gasteiger partial charge on any atom is -0.324 e. The van der Waals surface area contributed by atoms with Gasteiger partial charge in [-0.1, -0.05) is 30.8 Å². The van der Waals surface area contributed by atoms with Gasteiger partial charge in [-0.15, -0.1) is 0 Å². The Morgan fingerprint density at radius 3 is 2.42 bits per heavy atom. The van der Waals surface area contributed by atoms with Gasteiger partial charge in [0.1, 0.15) is 23.2 Å². The van der Waals surface area contributed by atoms with Crippen LogP contribution in [0.25, 0.3) is 11.2 Å². The van der Waals surface area contributed by atoms with Crippen LogP contribution < -0.4 is 5.32 Å². The van der Waals surface area contributed by atoms with Gasteiger partial charge in [0.25, 0.3) is 0 Å². The van der Waals surface area contributed by atoms with Gasteiger partial charge < -0.3 is 5.32 Å². The number of aromatic nitrogens is 3. The zero-order valence-corrected chi connectivity index (χ0v) is 17.6. The zero-order chi connectivity index (χ0) is 21.8. The lowest BCUT2D eigenvalue weighted by Crippen LogP contribution is -2.26. The van der Waals surface area contributed by atoms with Crippen molar-refractivity contribution in [1.82, 2.24) is 14.5 Å². The fraction of sp³-hybridized carbons (Fsp3) is 0.174. The second kappa shape index (κ2) is 9.26. The van der Waals surface area contributed by atoms with Gasteiger partial charge in [0, 0.05) is 17.6 Å². The van der Waals surface area contributed by atoms with E-state index in [9.17, 15) is 13.6 Å². The predicted molar refractivity (Wildman–Crippen MR) is 118 cm³/mol. The number of halogens is 2. The van der Waals surface area contributed by atoms with E-state index in [-0.39, 0.29) is 17.5 Å². The Balaban J connectivity index is 1.64. The SMILES string of the molecule is CCC(C(=O)Nc1ccc(F)cc1)n1c(SCc2ccc(F)cc2)nc2cccnc21. The molecule has 8 heteroatoms. The number of hydrogen-bond acceptors (Lipinski definition) is 4. The second-order valence-corrected chi connectivity index (χ2v) is 7.89. The summed E-state index contributed by atoms with van der Waals surface area (Å²) < 4.78 is 28.2. The maximum absolute atomic E-state index is 13.2. The summed E-state index contributed by atoms with van der Waals surface area (Å²) in [5.74, 6) is -0.315. The Morgan fingerprint density at radius 2 is 1.74 bits per heavy atom. The number of hydrogen-bond donors (Lipinski definition) is 1. The smallest absolute Gasteiger partial charge is 0.247 e. The number of imidazole rings is 1. The van der Waals surface area contributed by atoms with Crippen LogP contribution in [0.1, 0.15) is 24.9 Å². The molecule has 0 saturated heterocycles. The molecule has 4 rings (SSSR count). The third-order valence-electron chi connectivity index (χ3n) is 4.81. The monoisotopic (exact) mass is 438 g/mol. The molecule has 5 nitrogen and oxygen atoms in total. The molecule has 158 valence electrons. The van der Waals surface area contributed by atoms with E-state index in [1.54, 1.807) is 24.4 Å². The predicted octanol–water partition coefficient (Wildman–Crippen LogP) is 5.59. The first kappa shape index (κ1) is 21.0. The lowest BCUT2D eigenvalue weighted by Gasteiger charge is -2.19. The van der Waals surface area contributed by atoms with Gasteiger partial charge in [-0.2, -0.15) is 0 Å². The minimum absolute atomic E-state index is 0.234. The summed E-state index contributed by atoms with van der Waals surface area (Å²) in [5.41, 5.74) is 2.77. The van der Waals surface area contributed by atoms with E-state index < -0.39 is 6.04 Å². The number of carbonyl (C=O) groups is 1. The molecular weight excluding hydrogens is 418 g/mol. The summed E-state index contributed by atoms with van der Waals surface area (Å²) in [6.45, 7) is 1.91. The summed E-state index contributed by atoms with van der Waals surface area (Å²) >= 11 is 1.46. The first-order valence-electron chi connectivity index (χ1n) is 9.81. The Morgan fingerprint density at radius 1 is 1.06 bits per heavy atom. The third kappa shape index (κ3) is 4.74. The number of fused-ring (bicyclic) bond motifs is 1. The maximum Gasteiger partial charge on any atom is 0.247 e. The topological polar surface area (TPSA) is 59.8 Å². The van der Waals surface area contributed by atoms with Crippen LogP contribution in [-0.2, 0) is 10.5 Å². The lowest BCUT2D eigenvalue weighted by atomic mass is 10.2. The number of benzene rings is 2. The van der Waals surface area contributed by atoms with Crippen molar-refractivity contribution in [1.29, 1.82) is 0 Å². The fourth-order valence-electron chi connectivity index (χ4n) is 3.26. The van der Waals surface area contributed by atoms with Gasteiger partial charge in [-0.05, 0) is 60.5 Å². The van der Waals surface area contributed by atoms with E-state index in [1.165, 1.54) is 48.2 Å². The van der Waals surface area contributed by atoms with Gasteiger partial charge in [0.05, 0.1) is 0 Å². The second-order valence-electron chi connectivity index (χ2n) is 6.95. The molecule has 2 heterocycles. The summed E-state index contributed by atoms with van der Waals surface area (Å²) in [4.78, 5) is 22.2. The van der Waals surface area contributed by atoms with Crippen molar-refractivity contribution < 1.29 is 13.6 Å². The van der Waals surface area contributed by atoms with Gasteiger partial charge >= 0.3 is 0 Å². The lowest BCUT2D eigenvalue weighted by molar-refractivity contribution is -0.119. The number of thioether (sulfide) groups is 1. The van der Waals surface area contributed by atoms with Crippen LogP contribution in [0.4, 0.5) is 14.5 Å². The highest BCUT2D eigenvalue weighted by molar-refractivity contribution is 7.98. The summed E-state index contributed by atoms with van der Waals surface area (Å²) in [7, 11) is 0. The van der Waals surface area contributed by atoms with Crippen LogP contribution in [0.5, 0.6) is 0 Å². The number of amides is 1. The number of carbonyl (C=O) groups excluding carboxylic acids is 1. The quantitative estimate of drug-likeness (QED) is 0.382. The first-order chi connectivity index (χ1) is 15.0. The van der Waals surface area contributed by atoms with Crippen molar-refractivity contribution in [3.63, 3.8) is 0 Å². The molecule has 31 heavy (non-hydrogen) atoms. The average molecular weight is 439 g/mol. The van der Waals surface area contributed by atoms with E-state index in [4.69, 9.17) is 0 Å². The van der Waals surface area contributed by atoms with Crippen molar-refractivity contribution in [2.45, 2.75) is 30.3 Å². The van der Waals surface area contributed by atoms with Crippen LogP contribution >= 0.6 is 11.8 Å². The Bertz CT molecular complexity index is 1190. The molecule has 0 aliphatic heterocycles. The molecule has 2 aromatic carbocycles. The van der Waals surface area contributed by atoms with Gasteiger partial charge in [-0.3, -0.25) is 9.36 Å². The van der Waals surface area contributed by atoms with Gasteiger partial charge in [0.15, 0.2) is 10.8 Å². The molecule has 0 fully saturated rings. The molecule has 0 saturated carbocycles. The summed E-state index contributed by atoms with van der Waals surface area (Å²) in [5, 5.41) is 3.50. The van der Waals surface area contributed by atoms with E-state index in [0.29, 0.717) is 34.2 Å². The molecule has 0 spiro atoms. The van der Waals surface area contributed by atoms with E-state index in [0.717, 1.165) is 5.56 Å². The minimum atomic E-state index is -0.555. The van der Waals surface area contributed by atoms with Crippen LogP contribution in [0, 0.1) is 11.6 Å². The van der Waals surface area contributed by atoms with E-state index >= 15 is 0 Å². The summed E-state index contributed by atoms with van der Waals surface area (Å²) in [6, 6.07) is 15.0. The molecule has 1 N–H and O–H groups in total. The molecular formula is C23H20F2N4OS. The zero-order valence-electron chi connectivity index (χ0n) is 16.8. The number of pyridine rings is 1. The number of nitrogens with one attached hydrogen (secondary N) is 1. The third-order valence-corrected chi connectivity index (χ3v) is 5.83. The first-order valence-corrected chi connectivity index (χ1v) is 10.8. The average Bonchev–Trinajstić information content (AvgIpc) is 3.14. The Hall–Kier alpha value is -3.26. The standard InChI is InChI=1S/C23H20F2N4OS/c1-2-20(22(30)27-18-11-9-17(25)10-12-18)29-21-19(4-3-13-26-21)28-23(29)31-14-15-5-7-16(24)8-6-15/h3-13,20H,2,14H2,1H3,(H,27,30). The molecule has 0 radical (unpaired) electrons. The van der Waals surface area contributed by atoms with Crippen molar-refractivity contribution in [3.8, 4) is 0 Å². The van der Waals surface area contributed by atoms with Crippen LogP contribution in [-0.4, -0.2) is 20.4 Å². The highest BCUT2D eigenvalue weighted by atomic mass is 32.2. The van der Waals surface area contributed by atoms with Crippen molar-refractivity contribution >= 4 is 34.5 Å². The van der Waals surface area contributed by atoms with Crippen molar-refractivity contribution in [3.05, 3.63) is 84.1 Å². The van der Waals surface area contributed by atoms with Gasteiger partial charge in [0.2, 0.25) is 5.91 Å². The molecule has 0 bridgehead atoms. The van der Waals surface area contributed by atoms with Crippen molar-refractivity contribution in [2.24, 2.45) is 0 Å². The number of rotatable bonds is 7. The normalized spacial score (nSPS) is 12.1. The van der Waals surface area contributed by atoms with Crippen LogP contribution in [0.3, 0.4) is 0 Å². The maximum atomic E-state index is 13.2. The highest BCUT2D eigenvalue weighted by Crippen LogP contribution is 2.31. The molecule has 1 amide bonds. The Labute approximate surface area is 182 Å². The van der Waals surface area contributed by atoms with Crippen LogP contribution in [0.2, 0.25) is 0 Å². The van der Waals surface area contributed by atoms with E-state index in [1.807, 2.05) is 17.6 Å². The van der Waals surface area contributed by atoms with Crippen molar-refractivity contribution in [2.75, 3.05) is 5.32 Å². The number of nitrogens with zero attached hydrogens (tertiary/aromatic N) is 3. The number of anilines is 1. The summed E-state index contributed by atoms with van der Waals surface area (Å²) in [6.07, 6.45) is 2.18. The largest absolute Gasteiger partial charge is 0.324 e. The molecule has 1 atom stereocenters. The van der Waals surface area contributed by atoms with Gasteiger partial charge in [-0.25, -0.2) is 18.7 Å². The van der Waals surface area contributed by atoms with Crippen LogP contribution in [0.15, 0.2) is 72.0 Å².